The molecule has 1 heterocycles. The van der Waals surface area contributed by atoms with Gasteiger partial charge in [0.15, 0.2) is 5.82 Å². The molecule has 0 bridgehead atoms. The molecule has 0 radical (unpaired) electrons. The number of nitrogens with zero attached hydrogens (tertiary/aromatic N) is 2. The molecule has 0 saturated heterocycles. The molecule has 0 aliphatic heterocycles. The van der Waals surface area contributed by atoms with E-state index in [2.05, 4.69) is 42.9 Å². The van der Waals surface area contributed by atoms with E-state index in [1.807, 2.05) is 18.5 Å². The fourth-order valence-electron chi connectivity index (χ4n) is 7.39. The Balaban J connectivity index is 1.54. The second kappa shape index (κ2) is 6.37. The lowest BCUT2D eigenvalue weighted by atomic mass is 9.45. The lowest BCUT2D eigenvalue weighted by Gasteiger charge is -2.59. The van der Waals surface area contributed by atoms with Crippen LogP contribution in [0.1, 0.15) is 71.5 Å². The van der Waals surface area contributed by atoms with Crippen LogP contribution in [0.25, 0.3) is 5.57 Å². The summed E-state index contributed by atoms with van der Waals surface area (Å²) in [4.78, 5) is 21.4. The van der Waals surface area contributed by atoms with Crippen LogP contribution in [0.4, 0.5) is 0 Å². The van der Waals surface area contributed by atoms with Gasteiger partial charge in [-0.1, -0.05) is 38.5 Å². The van der Waals surface area contributed by atoms with Crippen LogP contribution >= 0.6 is 0 Å². The molecule has 0 amide bonds. The normalized spacial score (nSPS) is 42.2. The minimum absolute atomic E-state index is 0.183. The molecule has 3 nitrogen and oxygen atoms in total. The molecule has 0 spiro atoms. The first-order chi connectivity index (χ1) is 13.5. The number of rotatable bonds is 2. The van der Waals surface area contributed by atoms with E-state index in [1.54, 1.807) is 0 Å². The number of carbonyl (C=O) groups excluding carboxylic acids is 1. The average Bonchev–Trinajstić information content (AvgIpc) is 3.06. The molecule has 2 saturated carbocycles. The Bertz CT molecular complexity index is 857. The molecule has 4 aliphatic rings. The summed E-state index contributed by atoms with van der Waals surface area (Å²) in [5, 5.41) is 0. The highest BCUT2D eigenvalue weighted by Crippen LogP contribution is 2.67. The van der Waals surface area contributed by atoms with Crippen molar-refractivity contribution in [2.75, 3.05) is 0 Å². The van der Waals surface area contributed by atoms with Crippen molar-refractivity contribution in [3.05, 3.63) is 42.0 Å². The Morgan fingerprint density at radius 1 is 1.11 bits per heavy atom. The lowest BCUT2D eigenvalue weighted by molar-refractivity contribution is -0.122. The topological polar surface area (TPSA) is 42.9 Å². The van der Waals surface area contributed by atoms with Crippen LogP contribution in [0, 0.1) is 34.5 Å². The second-order valence-electron chi connectivity index (χ2n) is 10.1. The molecule has 148 valence electrons. The monoisotopic (exact) mass is 376 g/mol. The highest BCUT2D eigenvalue weighted by atomic mass is 16.1. The summed E-state index contributed by atoms with van der Waals surface area (Å²) < 4.78 is 0. The maximum atomic E-state index is 12.2. The first-order valence-corrected chi connectivity index (χ1v) is 11.2. The molecule has 2 fully saturated rings. The molecule has 0 N–H and O–H groups in total. The van der Waals surface area contributed by atoms with Gasteiger partial charge in [-0.05, 0) is 78.2 Å². The third-order valence-electron chi connectivity index (χ3n) is 8.96. The molecule has 1 aromatic heterocycles. The Morgan fingerprint density at radius 3 is 2.64 bits per heavy atom. The Labute approximate surface area is 168 Å². The molecule has 4 aliphatic carbocycles. The summed E-state index contributed by atoms with van der Waals surface area (Å²) in [5.74, 6) is 4.08. The van der Waals surface area contributed by atoms with Crippen LogP contribution in [0.2, 0.25) is 0 Å². The maximum absolute atomic E-state index is 12.2. The van der Waals surface area contributed by atoms with Gasteiger partial charge in [-0.15, -0.1) is 0 Å². The van der Waals surface area contributed by atoms with Crippen molar-refractivity contribution in [3.63, 3.8) is 0 Å². The number of fused-ring (bicyclic) bond motifs is 5. The molecule has 6 atom stereocenters. The van der Waals surface area contributed by atoms with Crippen LogP contribution < -0.4 is 0 Å². The molecule has 3 heteroatoms. The first kappa shape index (κ1) is 18.3. The number of aromatic nitrogens is 2. The summed E-state index contributed by atoms with van der Waals surface area (Å²) in [6, 6.07) is 1.90. The molecular formula is C25H32N2O. The fraction of sp³-hybridized carbons (Fsp3) is 0.640. The maximum Gasteiger partial charge on any atom is 0.155 e. The predicted octanol–water partition coefficient (Wildman–Crippen LogP) is 5.64. The van der Waals surface area contributed by atoms with Gasteiger partial charge < -0.3 is 0 Å². The number of ketones is 1. The lowest BCUT2D eigenvalue weighted by Crippen LogP contribution is -2.52. The van der Waals surface area contributed by atoms with Crippen LogP contribution in [0.3, 0.4) is 0 Å². The zero-order chi connectivity index (χ0) is 19.5. The highest BCUT2D eigenvalue weighted by Gasteiger charge is 2.59. The van der Waals surface area contributed by atoms with Crippen LogP contribution in [-0.4, -0.2) is 15.8 Å². The first-order valence-electron chi connectivity index (χ1n) is 11.2. The van der Waals surface area contributed by atoms with Gasteiger partial charge in [0.1, 0.15) is 5.78 Å². The van der Waals surface area contributed by atoms with E-state index < -0.39 is 0 Å². The number of hydrogen-bond donors (Lipinski definition) is 0. The van der Waals surface area contributed by atoms with Crippen molar-refractivity contribution < 1.29 is 4.79 Å². The average molecular weight is 377 g/mol. The van der Waals surface area contributed by atoms with Crippen LogP contribution in [0.5, 0.6) is 0 Å². The predicted molar refractivity (Wildman–Crippen MR) is 111 cm³/mol. The zero-order valence-electron chi connectivity index (χ0n) is 17.4. The van der Waals surface area contributed by atoms with Gasteiger partial charge in [-0.3, -0.25) is 4.79 Å². The number of carbonyl (C=O) groups is 1. The van der Waals surface area contributed by atoms with Gasteiger partial charge >= 0.3 is 0 Å². The van der Waals surface area contributed by atoms with E-state index in [9.17, 15) is 4.79 Å². The van der Waals surface area contributed by atoms with Crippen molar-refractivity contribution in [2.45, 2.75) is 65.7 Å². The molecule has 5 rings (SSSR count). The summed E-state index contributed by atoms with van der Waals surface area (Å²) in [5.41, 5.74) is 3.27. The zero-order valence-corrected chi connectivity index (χ0v) is 17.4. The standard InChI is InChI=1S/C25H32N2O/c1-4-16-14-17-15-18(28)8-10-24(17,2)20-9-11-25(3)19(22(16)20)6-7-21(25)23-26-12-5-13-27-23/h5,7,12-14,16,19-20,22H,4,6,8-11,15H2,1-3H3/t16?,19-,20-,22-,24-,25-/m0/s1. The van der Waals surface area contributed by atoms with Crippen molar-refractivity contribution in [2.24, 2.45) is 34.5 Å². The van der Waals surface area contributed by atoms with Gasteiger partial charge in [-0.2, -0.15) is 0 Å². The van der Waals surface area contributed by atoms with Crippen molar-refractivity contribution in [3.8, 4) is 0 Å². The van der Waals surface area contributed by atoms with Gasteiger partial charge in [0.25, 0.3) is 0 Å². The minimum Gasteiger partial charge on any atom is -0.299 e. The quantitative estimate of drug-likeness (QED) is 0.628. The molecule has 0 aromatic carbocycles. The third-order valence-corrected chi connectivity index (χ3v) is 8.96. The fourth-order valence-corrected chi connectivity index (χ4v) is 7.39. The van der Waals surface area contributed by atoms with E-state index in [-0.39, 0.29) is 10.8 Å². The third kappa shape index (κ3) is 2.44. The summed E-state index contributed by atoms with van der Waals surface area (Å²) in [7, 11) is 0. The van der Waals surface area contributed by atoms with Crippen LogP contribution in [-0.2, 0) is 4.79 Å². The van der Waals surface area contributed by atoms with Gasteiger partial charge in [0.2, 0.25) is 0 Å². The van der Waals surface area contributed by atoms with Gasteiger partial charge in [-0.25, -0.2) is 9.97 Å². The number of Topliss-reactive ketones (excluding diaryl/α,β-unsaturated/α-hetero) is 1. The largest absolute Gasteiger partial charge is 0.299 e. The second-order valence-corrected chi connectivity index (χ2v) is 10.1. The van der Waals surface area contributed by atoms with Gasteiger partial charge in [0.05, 0.1) is 0 Å². The van der Waals surface area contributed by atoms with Crippen molar-refractivity contribution >= 4 is 11.4 Å². The molecule has 1 unspecified atom stereocenters. The minimum atomic E-state index is 0.183. The summed E-state index contributed by atoms with van der Waals surface area (Å²) in [6.07, 6.45) is 16.1. The van der Waals surface area contributed by atoms with E-state index in [1.165, 1.54) is 30.4 Å². The van der Waals surface area contributed by atoms with E-state index in [0.29, 0.717) is 35.9 Å². The smallest absolute Gasteiger partial charge is 0.155 e. The summed E-state index contributed by atoms with van der Waals surface area (Å²) in [6.45, 7) is 7.28. The number of hydrogen-bond acceptors (Lipinski definition) is 3. The SMILES string of the molecule is CCC1C=C2CC(=O)CC[C@]2(C)[C@H]2CC[C@]3(C)C(c4ncccn4)=CC[C@H]3[C@H]12. The van der Waals surface area contributed by atoms with E-state index >= 15 is 0 Å². The number of allylic oxidation sites excluding steroid dienone is 4. The molecular weight excluding hydrogens is 344 g/mol. The molecule has 1 aromatic rings. The molecule has 28 heavy (non-hydrogen) atoms. The van der Waals surface area contributed by atoms with E-state index in [4.69, 9.17) is 0 Å². The summed E-state index contributed by atoms with van der Waals surface area (Å²) >= 11 is 0. The Hall–Kier alpha value is -1.77. The van der Waals surface area contributed by atoms with Crippen molar-refractivity contribution in [1.29, 1.82) is 0 Å². The van der Waals surface area contributed by atoms with Crippen LogP contribution in [0.15, 0.2) is 36.2 Å². The Kier molecular flexibility index (Phi) is 4.16. The van der Waals surface area contributed by atoms with E-state index in [0.717, 1.165) is 25.1 Å². The van der Waals surface area contributed by atoms with Gasteiger partial charge in [0, 0.05) is 25.2 Å². The van der Waals surface area contributed by atoms with Crippen molar-refractivity contribution in [1.82, 2.24) is 9.97 Å². The Morgan fingerprint density at radius 2 is 1.89 bits per heavy atom. The highest BCUT2D eigenvalue weighted by molar-refractivity contribution is 5.82.